The van der Waals surface area contributed by atoms with Gasteiger partial charge in [0, 0.05) is 12.0 Å². The van der Waals surface area contributed by atoms with Crippen LogP contribution < -0.4 is 0 Å². The van der Waals surface area contributed by atoms with Gasteiger partial charge in [0.15, 0.2) is 5.78 Å². The molecule has 4 rings (SSSR count). The lowest BCUT2D eigenvalue weighted by Gasteiger charge is -2.19. The van der Waals surface area contributed by atoms with Gasteiger partial charge in [-0.25, -0.2) is 0 Å². The first-order valence-corrected chi connectivity index (χ1v) is 9.05. The number of hydrogen-bond donors (Lipinski definition) is 0. The molecule has 1 aliphatic carbocycles. The van der Waals surface area contributed by atoms with E-state index in [4.69, 9.17) is 0 Å². The highest BCUT2D eigenvalue weighted by Crippen LogP contribution is 2.28. The Morgan fingerprint density at radius 1 is 0.680 bits per heavy atom. The number of aryl methyl sites for hydroxylation is 1. The largest absolute Gasteiger partial charge is 0.294 e. The molecule has 25 heavy (non-hydrogen) atoms. The molecule has 0 atom stereocenters. The van der Waals surface area contributed by atoms with Crippen molar-refractivity contribution < 1.29 is 4.79 Å². The predicted octanol–water partition coefficient (Wildman–Crippen LogP) is 5.39. The summed E-state index contributed by atoms with van der Waals surface area (Å²) in [5, 5.41) is 0. The molecule has 0 spiro atoms. The molecule has 1 nitrogen and oxygen atoms in total. The SMILES string of the molecule is O=C1CCCc2cc(Cc3ccccc3)c(Cc3ccccc3)cc21. The topological polar surface area (TPSA) is 17.1 Å². The van der Waals surface area contributed by atoms with Crippen LogP contribution in [0.25, 0.3) is 0 Å². The van der Waals surface area contributed by atoms with E-state index in [0.29, 0.717) is 12.2 Å². The zero-order chi connectivity index (χ0) is 17.1. The Kier molecular flexibility index (Phi) is 4.47. The smallest absolute Gasteiger partial charge is 0.163 e. The highest BCUT2D eigenvalue weighted by atomic mass is 16.1. The molecule has 0 fully saturated rings. The fourth-order valence-corrected chi connectivity index (χ4v) is 3.74. The fraction of sp³-hybridized carbons (Fsp3) is 0.208. The number of hydrogen-bond acceptors (Lipinski definition) is 1. The molecule has 0 saturated heterocycles. The minimum Gasteiger partial charge on any atom is -0.294 e. The molecule has 0 unspecified atom stereocenters. The molecular weight excluding hydrogens is 304 g/mol. The van der Waals surface area contributed by atoms with Crippen molar-refractivity contribution >= 4 is 5.78 Å². The Labute approximate surface area is 149 Å². The number of ketones is 1. The molecule has 0 radical (unpaired) electrons. The first-order valence-electron chi connectivity index (χ1n) is 9.05. The average Bonchev–Trinajstić information content (AvgIpc) is 2.65. The number of carbonyl (C=O) groups excluding carboxylic acids is 1. The van der Waals surface area contributed by atoms with E-state index in [1.54, 1.807) is 0 Å². The van der Waals surface area contributed by atoms with Gasteiger partial charge in [0.1, 0.15) is 0 Å². The van der Waals surface area contributed by atoms with E-state index in [-0.39, 0.29) is 0 Å². The molecule has 0 aliphatic heterocycles. The number of rotatable bonds is 4. The lowest BCUT2D eigenvalue weighted by Crippen LogP contribution is -2.13. The second-order valence-corrected chi connectivity index (χ2v) is 6.88. The fourth-order valence-electron chi connectivity index (χ4n) is 3.74. The van der Waals surface area contributed by atoms with Crippen molar-refractivity contribution in [3.8, 4) is 0 Å². The summed E-state index contributed by atoms with van der Waals surface area (Å²) in [6.45, 7) is 0. The van der Waals surface area contributed by atoms with Crippen LogP contribution in [0.5, 0.6) is 0 Å². The summed E-state index contributed by atoms with van der Waals surface area (Å²) in [5.41, 5.74) is 7.43. The summed E-state index contributed by atoms with van der Waals surface area (Å²) in [4.78, 5) is 12.4. The summed E-state index contributed by atoms with van der Waals surface area (Å²) >= 11 is 0. The zero-order valence-electron chi connectivity index (χ0n) is 14.4. The second kappa shape index (κ2) is 7.06. The Balaban J connectivity index is 1.75. The number of Topliss-reactive ketones (excluding diaryl/α,β-unsaturated/α-hetero) is 1. The van der Waals surface area contributed by atoms with E-state index >= 15 is 0 Å². The van der Waals surface area contributed by atoms with Gasteiger partial charge in [-0.1, -0.05) is 66.7 Å². The molecule has 3 aromatic carbocycles. The third kappa shape index (κ3) is 3.56. The molecule has 0 saturated carbocycles. The molecule has 0 bridgehead atoms. The minimum absolute atomic E-state index is 0.307. The highest BCUT2D eigenvalue weighted by Gasteiger charge is 2.19. The normalized spacial score (nSPS) is 13.5. The van der Waals surface area contributed by atoms with E-state index in [0.717, 1.165) is 31.2 Å². The quantitative estimate of drug-likeness (QED) is 0.628. The Morgan fingerprint density at radius 3 is 1.84 bits per heavy atom. The molecule has 0 N–H and O–H groups in total. The highest BCUT2D eigenvalue weighted by molar-refractivity contribution is 5.98. The van der Waals surface area contributed by atoms with Crippen LogP contribution in [-0.4, -0.2) is 5.78 Å². The van der Waals surface area contributed by atoms with Crippen molar-refractivity contribution in [3.63, 3.8) is 0 Å². The molecule has 1 aliphatic rings. The number of benzene rings is 3. The van der Waals surface area contributed by atoms with Crippen LogP contribution in [0.15, 0.2) is 72.8 Å². The van der Waals surface area contributed by atoms with Gasteiger partial charge in [0.05, 0.1) is 0 Å². The van der Waals surface area contributed by atoms with Crippen LogP contribution in [0.1, 0.15) is 51.0 Å². The summed E-state index contributed by atoms with van der Waals surface area (Å²) in [6, 6.07) is 25.6. The second-order valence-electron chi connectivity index (χ2n) is 6.88. The van der Waals surface area contributed by atoms with Crippen LogP contribution in [0, 0.1) is 0 Å². The van der Waals surface area contributed by atoms with Crippen LogP contribution in [-0.2, 0) is 19.3 Å². The number of fused-ring (bicyclic) bond motifs is 1. The first kappa shape index (κ1) is 15.8. The van der Waals surface area contributed by atoms with E-state index in [1.807, 2.05) is 6.07 Å². The Hall–Kier alpha value is -2.67. The number of carbonyl (C=O) groups is 1. The van der Waals surface area contributed by atoms with Gasteiger partial charge in [-0.3, -0.25) is 4.79 Å². The molecule has 3 aromatic rings. The zero-order valence-corrected chi connectivity index (χ0v) is 14.4. The van der Waals surface area contributed by atoms with Crippen LogP contribution in [0.4, 0.5) is 0 Å². The predicted molar refractivity (Wildman–Crippen MR) is 102 cm³/mol. The van der Waals surface area contributed by atoms with Crippen molar-refractivity contribution in [1.82, 2.24) is 0 Å². The van der Waals surface area contributed by atoms with Gasteiger partial charge in [-0.2, -0.15) is 0 Å². The van der Waals surface area contributed by atoms with Gasteiger partial charge in [-0.15, -0.1) is 0 Å². The van der Waals surface area contributed by atoms with Gasteiger partial charge in [0.2, 0.25) is 0 Å². The summed E-state index contributed by atoms with van der Waals surface area (Å²) in [5.74, 6) is 0.307. The minimum atomic E-state index is 0.307. The maximum absolute atomic E-state index is 12.4. The summed E-state index contributed by atoms with van der Waals surface area (Å²) in [6.07, 6.45) is 4.49. The standard InChI is InChI=1S/C24H22O/c25-24-13-7-12-20-16-21(14-18-8-3-1-4-9-18)22(17-23(20)24)15-19-10-5-2-6-11-19/h1-6,8-11,16-17H,7,12-15H2. The van der Waals surface area contributed by atoms with Crippen molar-refractivity contribution in [2.45, 2.75) is 32.1 Å². The van der Waals surface area contributed by atoms with Gasteiger partial charge < -0.3 is 0 Å². The van der Waals surface area contributed by atoms with E-state index < -0.39 is 0 Å². The maximum Gasteiger partial charge on any atom is 0.163 e. The van der Waals surface area contributed by atoms with Crippen molar-refractivity contribution in [1.29, 1.82) is 0 Å². The summed E-state index contributed by atoms with van der Waals surface area (Å²) < 4.78 is 0. The lowest BCUT2D eigenvalue weighted by atomic mass is 9.84. The molecule has 0 heterocycles. The van der Waals surface area contributed by atoms with Gasteiger partial charge >= 0.3 is 0 Å². The van der Waals surface area contributed by atoms with Crippen molar-refractivity contribution in [3.05, 3.63) is 106 Å². The summed E-state index contributed by atoms with van der Waals surface area (Å²) in [7, 11) is 0. The van der Waals surface area contributed by atoms with E-state index in [9.17, 15) is 4.79 Å². The lowest BCUT2D eigenvalue weighted by molar-refractivity contribution is 0.0972. The van der Waals surface area contributed by atoms with Crippen molar-refractivity contribution in [2.75, 3.05) is 0 Å². The van der Waals surface area contributed by atoms with Crippen LogP contribution >= 0.6 is 0 Å². The monoisotopic (exact) mass is 326 g/mol. The van der Waals surface area contributed by atoms with Crippen molar-refractivity contribution in [2.24, 2.45) is 0 Å². The Bertz CT molecular complexity index is 879. The molecule has 0 aromatic heterocycles. The van der Waals surface area contributed by atoms with Crippen LogP contribution in [0.3, 0.4) is 0 Å². The maximum atomic E-state index is 12.4. The van der Waals surface area contributed by atoms with Gasteiger partial charge in [0.25, 0.3) is 0 Å². The average molecular weight is 326 g/mol. The molecular formula is C24H22O. The third-order valence-electron chi connectivity index (χ3n) is 5.05. The Morgan fingerprint density at radius 2 is 1.24 bits per heavy atom. The first-order chi connectivity index (χ1) is 12.3. The third-order valence-corrected chi connectivity index (χ3v) is 5.05. The molecule has 0 amide bonds. The van der Waals surface area contributed by atoms with E-state index in [2.05, 4.69) is 66.7 Å². The molecule has 1 heteroatoms. The van der Waals surface area contributed by atoms with E-state index in [1.165, 1.54) is 27.8 Å². The van der Waals surface area contributed by atoms with Gasteiger partial charge in [-0.05, 0) is 59.6 Å². The molecule has 124 valence electrons. The van der Waals surface area contributed by atoms with Crippen LogP contribution in [0.2, 0.25) is 0 Å².